The van der Waals surface area contributed by atoms with Crippen LogP contribution in [0.4, 0.5) is 5.13 Å². The van der Waals surface area contributed by atoms with Gasteiger partial charge in [-0.1, -0.05) is 32.9 Å². The third-order valence-electron chi connectivity index (χ3n) is 6.37. The minimum Gasteiger partial charge on any atom is -0.300 e. The number of likely N-dealkylation sites (tertiary alicyclic amines) is 1. The second kappa shape index (κ2) is 9.11. The second-order valence-electron chi connectivity index (χ2n) is 9.19. The van der Waals surface area contributed by atoms with Crippen molar-refractivity contribution in [2.24, 2.45) is 11.8 Å². The first-order valence-corrected chi connectivity index (χ1v) is 12.0. The van der Waals surface area contributed by atoms with Crippen LogP contribution in [0.15, 0.2) is 24.3 Å². The van der Waals surface area contributed by atoms with Crippen LogP contribution in [0.3, 0.4) is 0 Å². The molecule has 32 heavy (non-hydrogen) atoms. The predicted octanol–water partition coefficient (Wildman–Crippen LogP) is 3.94. The summed E-state index contributed by atoms with van der Waals surface area (Å²) in [7, 11) is 0. The molecule has 1 aromatic heterocycles. The van der Waals surface area contributed by atoms with Gasteiger partial charge in [-0.3, -0.25) is 24.2 Å². The fraction of sp³-hybridized carbons (Fsp3) is 0.500. The molecule has 2 aromatic rings. The van der Waals surface area contributed by atoms with Crippen LogP contribution in [0.2, 0.25) is 0 Å². The molecule has 0 aliphatic carbocycles. The van der Waals surface area contributed by atoms with Crippen molar-refractivity contribution in [3.05, 3.63) is 46.0 Å². The molecule has 2 aliphatic rings. The highest BCUT2D eigenvalue weighted by Crippen LogP contribution is 2.30. The van der Waals surface area contributed by atoms with Gasteiger partial charge in [-0.15, -0.1) is 11.3 Å². The lowest BCUT2D eigenvalue weighted by Gasteiger charge is -2.29. The number of hydrogen-bond acceptors (Lipinski definition) is 6. The second-order valence-corrected chi connectivity index (χ2v) is 10.3. The topological polar surface area (TPSA) is 82.6 Å². The average Bonchev–Trinajstić information content (AvgIpc) is 3.21. The van der Waals surface area contributed by atoms with Crippen molar-refractivity contribution in [3.63, 3.8) is 0 Å². The number of piperidine rings is 1. The van der Waals surface area contributed by atoms with Crippen molar-refractivity contribution < 1.29 is 14.4 Å². The molecule has 0 bridgehead atoms. The highest BCUT2D eigenvalue weighted by atomic mass is 32.1. The fourth-order valence-corrected chi connectivity index (χ4v) is 5.42. The van der Waals surface area contributed by atoms with E-state index in [0.717, 1.165) is 41.0 Å². The van der Waals surface area contributed by atoms with Gasteiger partial charge in [-0.2, -0.15) is 0 Å². The van der Waals surface area contributed by atoms with Crippen LogP contribution >= 0.6 is 11.3 Å². The van der Waals surface area contributed by atoms with Crippen molar-refractivity contribution in [2.45, 2.75) is 53.1 Å². The summed E-state index contributed by atoms with van der Waals surface area (Å²) in [6, 6.07) is 5.80. The number of amides is 3. The molecule has 1 saturated heterocycles. The van der Waals surface area contributed by atoms with Crippen LogP contribution in [-0.2, 0) is 11.3 Å². The fourth-order valence-electron chi connectivity index (χ4n) is 4.41. The Labute approximate surface area is 192 Å². The number of fused-ring (bicyclic) bond motifs is 1. The highest BCUT2D eigenvalue weighted by molar-refractivity contribution is 7.15. The Bertz CT molecular complexity index is 1000. The molecule has 0 spiro atoms. The van der Waals surface area contributed by atoms with Crippen LogP contribution in [0.25, 0.3) is 0 Å². The quantitative estimate of drug-likeness (QED) is 0.669. The lowest BCUT2D eigenvalue weighted by molar-refractivity contribution is -0.121. The van der Waals surface area contributed by atoms with E-state index in [1.807, 2.05) is 20.8 Å². The van der Waals surface area contributed by atoms with Gasteiger partial charge in [0, 0.05) is 11.4 Å². The number of benzene rings is 1. The minimum atomic E-state index is -0.904. The van der Waals surface area contributed by atoms with Gasteiger partial charge in [0.15, 0.2) is 5.13 Å². The van der Waals surface area contributed by atoms with E-state index in [1.165, 1.54) is 24.2 Å². The number of thiazole rings is 1. The summed E-state index contributed by atoms with van der Waals surface area (Å²) in [5, 5.41) is 3.39. The predicted molar refractivity (Wildman–Crippen MR) is 125 cm³/mol. The van der Waals surface area contributed by atoms with Gasteiger partial charge in [-0.25, -0.2) is 4.98 Å². The van der Waals surface area contributed by atoms with Crippen LogP contribution in [0, 0.1) is 18.8 Å². The molecular weight excluding hydrogens is 424 g/mol. The Morgan fingerprint density at radius 2 is 1.75 bits per heavy atom. The van der Waals surface area contributed by atoms with E-state index in [-0.39, 0.29) is 11.8 Å². The van der Waals surface area contributed by atoms with E-state index >= 15 is 0 Å². The summed E-state index contributed by atoms with van der Waals surface area (Å²) in [4.78, 5) is 48.3. The molecule has 0 saturated carbocycles. The molecule has 1 atom stereocenters. The van der Waals surface area contributed by atoms with Crippen molar-refractivity contribution in [1.29, 1.82) is 0 Å². The molecule has 1 fully saturated rings. The van der Waals surface area contributed by atoms with Gasteiger partial charge in [0.25, 0.3) is 11.8 Å². The number of aromatic nitrogens is 1. The van der Waals surface area contributed by atoms with Gasteiger partial charge < -0.3 is 5.32 Å². The molecule has 0 radical (unpaired) electrons. The number of imide groups is 1. The Morgan fingerprint density at radius 3 is 2.31 bits per heavy atom. The van der Waals surface area contributed by atoms with Crippen molar-refractivity contribution in [1.82, 2.24) is 14.8 Å². The molecule has 4 rings (SSSR count). The third-order valence-corrected chi connectivity index (χ3v) is 7.43. The summed E-state index contributed by atoms with van der Waals surface area (Å²) in [5.74, 6) is -0.696. The van der Waals surface area contributed by atoms with E-state index < -0.39 is 17.9 Å². The normalized spacial score (nSPS) is 18.3. The van der Waals surface area contributed by atoms with Crippen molar-refractivity contribution in [3.8, 4) is 0 Å². The number of nitrogens with zero attached hydrogens (tertiary/aromatic N) is 3. The maximum absolute atomic E-state index is 13.2. The third kappa shape index (κ3) is 4.34. The van der Waals surface area contributed by atoms with Crippen LogP contribution in [0.1, 0.15) is 64.9 Å². The molecule has 3 amide bonds. The first-order chi connectivity index (χ1) is 15.3. The number of anilines is 1. The first kappa shape index (κ1) is 22.6. The van der Waals surface area contributed by atoms with Crippen LogP contribution < -0.4 is 5.32 Å². The summed E-state index contributed by atoms with van der Waals surface area (Å²) < 4.78 is 0. The van der Waals surface area contributed by atoms with Gasteiger partial charge in [0.05, 0.1) is 16.8 Å². The molecule has 1 unspecified atom stereocenters. The lowest BCUT2D eigenvalue weighted by Crippen LogP contribution is -2.50. The Morgan fingerprint density at radius 1 is 1.16 bits per heavy atom. The zero-order valence-electron chi connectivity index (χ0n) is 19.1. The van der Waals surface area contributed by atoms with Crippen molar-refractivity contribution in [2.75, 3.05) is 18.4 Å². The molecule has 2 aliphatic heterocycles. The van der Waals surface area contributed by atoms with Crippen LogP contribution in [0.5, 0.6) is 0 Å². The maximum atomic E-state index is 13.2. The maximum Gasteiger partial charge on any atom is 0.262 e. The Kier molecular flexibility index (Phi) is 6.44. The Balaban J connectivity index is 1.49. The van der Waals surface area contributed by atoms with E-state index in [9.17, 15) is 14.4 Å². The largest absolute Gasteiger partial charge is 0.300 e. The number of hydrogen-bond donors (Lipinski definition) is 1. The van der Waals surface area contributed by atoms with Gasteiger partial charge in [0.1, 0.15) is 6.04 Å². The molecule has 8 heteroatoms. The zero-order valence-corrected chi connectivity index (χ0v) is 19.9. The Hall–Kier alpha value is -2.58. The molecule has 3 heterocycles. The average molecular weight is 455 g/mol. The van der Waals surface area contributed by atoms with Crippen LogP contribution in [-0.4, -0.2) is 51.6 Å². The van der Waals surface area contributed by atoms with E-state index in [4.69, 9.17) is 0 Å². The van der Waals surface area contributed by atoms with Gasteiger partial charge in [-0.05, 0) is 56.8 Å². The number of carbonyl (C=O) groups excluding carboxylic acids is 3. The lowest BCUT2D eigenvalue weighted by atomic mass is 9.99. The molecule has 170 valence electrons. The number of aryl methyl sites for hydroxylation is 1. The minimum absolute atomic E-state index is 0.243. The standard InChI is InChI=1S/C24H30N4O3S/c1-14(2)20(28-22(30)17-7-5-6-8-18(17)23(28)31)21(29)26-24-25-16(4)19(32-24)13-27-11-9-15(3)10-12-27/h5-8,14-15,20H,9-13H2,1-4H3,(H,25,26,29). The number of nitrogens with one attached hydrogen (secondary N) is 1. The summed E-state index contributed by atoms with van der Waals surface area (Å²) in [6.07, 6.45) is 2.41. The summed E-state index contributed by atoms with van der Waals surface area (Å²) >= 11 is 1.47. The van der Waals surface area contributed by atoms with E-state index in [2.05, 4.69) is 22.1 Å². The summed E-state index contributed by atoms with van der Waals surface area (Å²) in [5.41, 5.74) is 1.60. The highest BCUT2D eigenvalue weighted by Gasteiger charge is 2.44. The monoisotopic (exact) mass is 454 g/mol. The van der Waals surface area contributed by atoms with E-state index in [0.29, 0.717) is 16.3 Å². The van der Waals surface area contributed by atoms with Gasteiger partial charge in [0.2, 0.25) is 5.91 Å². The zero-order chi connectivity index (χ0) is 23.0. The van der Waals surface area contributed by atoms with Crippen molar-refractivity contribution >= 4 is 34.2 Å². The smallest absolute Gasteiger partial charge is 0.262 e. The molecular formula is C24H30N4O3S. The number of carbonyl (C=O) groups is 3. The molecule has 7 nitrogen and oxygen atoms in total. The SMILES string of the molecule is Cc1nc(NC(=O)C(C(C)C)N2C(=O)c3ccccc3C2=O)sc1CN1CCC(C)CC1. The summed E-state index contributed by atoms with van der Waals surface area (Å²) in [6.45, 7) is 10.9. The first-order valence-electron chi connectivity index (χ1n) is 11.2. The molecule has 1 aromatic carbocycles. The van der Waals surface area contributed by atoms with E-state index in [1.54, 1.807) is 24.3 Å². The van der Waals surface area contributed by atoms with Gasteiger partial charge >= 0.3 is 0 Å². The number of rotatable bonds is 6. The molecule has 1 N–H and O–H groups in total.